The lowest BCUT2D eigenvalue weighted by atomic mass is 10.1. The van der Waals surface area contributed by atoms with Crippen LogP contribution in [-0.4, -0.2) is 9.55 Å². The van der Waals surface area contributed by atoms with Crippen molar-refractivity contribution in [2.45, 2.75) is 33.6 Å². The number of hydrogen-bond donors (Lipinski definition) is 0. The first-order valence-electron chi connectivity index (χ1n) is 7.86. The van der Waals surface area contributed by atoms with Gasteiger partial charge in [-0.05, 0) is 42.7 Å². The minimum absolute atomic E-state index is 0.154. The molecule has 23 heavy (non-hydrogen) atoms. The fourth-order valence-electron chi connectivity index (χ4n) is 2.75. The summed E-state index contributed by atoms with van der Waals surface area (Å²) in [5.74, 6) is 0.298. The Morgan fingerprint density at radius 3 is 2.39 bits per heavy atom. The van der Waals surface area contributed by atoms with Crippen LogP contribution in [0.3, 0.4) is 0 Å². The minimum atomic E-state index is -0.337. The highest BCUT2D eigenvalue weighted by Gasteiger charge is 2.13. The average Bonchev–Trinajstić information content (AvgIpc) is 2.57. The van der Waals surface area contributed by atoms with Crippen molar-refractivity contribution in [2.24, 2.45) is 0 Å². The third-order valence-electron chi connectivity index (χ3n) is 4.14. The summed E-state index contributed by atoms with van der Waals surface area (Å²) in [7, 11) is 0. The maximum atomic E-state index is 13.8. The molecule has 0 atom stereocenters. The SMILES string of the molecule is CCc1ccc(-n2c(CC)nc3cc(F)c(C)cc3c2=O)cc1. The van der Waals surface area contributed by atoms with E-state index in [0.717, 1.165) is 12.1 Å². The smallest absolute Gasteiger partial charge is 0.265 e. The molecule has 1 aromatic heterocycles. The zero-order valence-electron chi connectivity index (χ0n) is 13.6. The van der Waals surface area contributed by atoms with Gasteiger partial charge in [0.2, 0.25) is 0 Å². The Hall–Kier alpha value is -2.49. The monoisotopic (exact) mass is 310 g/mol. The van der Waals surface area contributed by atoms with Crippen LogP contribution in [0.25, 0.3) is 16.6 Å². The Morgan fingerprint density at radius 2 is 1.78 bits per heavy atom. The van der Waals surface area contributed by atoms with Crippen molar-refractivity contribution >= 4 is 10.9 Å². The van der Waals surface area contributed by atoms with Crippen molar-refractivity contribution in [3.05, 3.63) is 69.5 Å². The van der Waals surface area contributed by atoms with E-state index in [1.165, 1.54) is 11.6 Å². The summed E-state index contributed by atoms with van der Waals surface area (Å²) in [6.07, 6.45) is 1.54. The van der Waals surface area contributed by atoms with Gasteiger partial charge in [0.15, 0.2) is 0 Å². The third-order valence-corrected chi connectivity index (χ3v) is 4.14. The highest BCUT2D eigenvalue weighted by Crippen LogP contribution is 2.18. The summed E-state index contributed by atoms with van der Waals surface area (Å²) < 4.78 is 15.4. The molecule has 2 aromatic carbocycles. The molecule has 3 rings (SSSR count). The summed E-state index contributed by atoms with van der Waals surface area (Å²) in [5.41, 5.74) is 2.72. The molecule has 0 bridgehead atoms. The highest BCUT2D eigenvalue weighted by molar-refractivity contribution is 5.79. The lowest BCUT2D eigenvalue weighted by molar-refractivity contribution is 0.620. The fourth-order valence-corrected chi connectivity index (χ4v) is 2.75. The predicted molar refractivity (Wildman–Crippen MR) is 90.8 cm³/mol. The van der Waals surface area contributed by atoms with Crippen LogP contribution in [0.5, 0.6) is 0 Å². The van der Waals surface area contributed by atoms with Crippen molar-refractivity contribution in [3.8, 4) is 5.69 Å². The van der Waals surface area contributed by atoms with Gasteiger partial charge in [-0.15, -0.1) is 0 Å². The normalized spacial score (nSPS) is 11.1. The number of rotatable bonds is 3. The number of benzene rings is 2. The second-order valence-corrected chi connectivity index (χ2v) is 5.66. The van der Waals surface area contributed by atoms with E-state index in [1.807, 2.05) is 31.2 Å². The van der Waals surface area contributed by atoms with Gasteiger partial charge in [0.05, 0.1) is 16.6 Å². The van der Waals surface area contributed by atoms with E-state index in [9.17, 15) is 9.18 Å². The molecule has 0 aliphatic rings. The second kappa shape index (κ2) is 5.95. The summed E-state index contributed by atoms with van der Waals surface area (Å²) in [5, 5.41) is 0.445. The first-order valence-corrected chi connectivity index (χ1v) is 7.86. The molecule has 3 nitrogen and oxygen atoms in total. The Kier molecular flexibility index (Phi) is 3.99. The average molecular weight is 310 g/mol. The molecular formula is C19H19FN2O. The molecule has 0 spiro atoms. The van der Waals surface area contributed by atoms with Gasteiger partial charge in [-0.1, -0.05) is 26.0 Å². The maximum absolute atomic E-state index is 13.8. The summed E-state index contributed by atoms with van der Waals surface area (Å²) in [4.78, 5) is 17.4. The summed E-state index contributed by atoms with van der Waals surface area (Å²) in [6, 6.07) is 10.8. The molecule has 118 valence electrons. The molecule has 0 unspecified atom stereocenters. The van der Waals surface area contributed by atoms with Gasteiger partial charge in [-0.2, -0.15) is 0 Å². The number of halogens is 1. The first kappa shape index (κ1) is 15.4. The maximum Gasteiger partial charge on any atom is 0.265 e. The first-order chi connectivity index (χ1) is 11.0. The fraction of sp³-hybridized carbons (Fsp3) is 0.263. The van der Waals surface area contributed by atoms with Gasteiger partial charge >= 0.3 is 0 Å². The molecule has 0 saturated heterocycles. The Labute approximate surface area is 134 Å². The molecule has 0 amide bonds. The molecule has 0 saturated carbocycles. The van der Waals surface area contributed by atoms with E-state index in [1.54, 1.807) is 17.6 Å². The lowest BCUT2D eigenvalue weighted by Gasteiger charge is -2.13. The van der Waals surface area contributed by atoms with Gasteiger partial charge < -0.3 is 0 Å². The van der Waals surface area contributed by atoms with Crippen molar-refractivity contribution in [3.63, 3.8) is 0 Å². The van der Waals surface area contributed by atoms with Crippen molar-refractivity contribution in [1.29, 1.82) is 0 Å². The van der Waals surface area contributed by atoms with E-state index in [2.05, 4.69) is 11.9 Å². The lowest BCUT2D eigenvalue weighted by Crippen LogP contribution is -2.23. The quantitative estimate of drug-likeness (QED) is 0.734. The van der Waals surface area contributed by atoms with E-state index < -0.39 is 0 Å². The minimum Gasteiger partial charge on any atom is -0.268 e. The van der Waals surface area contributed by atoms with E-state index in [-0.39, 0.29) is 11.4 Å². The molecule has 0 aliphatic heterocycles. The second-order valence-electron chi connectivity index (χ2n) is 5.66. The molecule has 0 radical (unpaired) electrons. The molecule has 4 heteroatoms. The van der Waals surface area contributed by atoms with Crippen LogP contribution in [0.1, 0.15) is 30.8 Å². The van der Waals surface area contributed by atoms with Gasteiger partial charge in [-0.25, -0.2) is 9.37 Å². The van der Waals surface area contributed by atoms with Crippen LogP contribution in [0.4, 0.5) is 4.39 Å². The number of aryl methyl sites for hydroxylation is 3. The van der Waals surface area contributed by atoms with E-state index >= 15 is 0 Å². The molecular weight excluding hydrogens is 291 g/mol. The number of aromatic nitrogens is 2. The van der Waals surface area contributed by atoms with Crippen molar-refractivity contribution in [2.75, 3.05) is 0 Å². The van der Waals surface area contributed by atoms with Gasteiger partial charge in [-0.3, -0.25) is 9.36 Å². The summed E-state index contributed by atoms with van der Waals surface area (Å²) in [6.45, 7) is 5.69. The van der Waals surface area contributed by atoms with Crippen LogP contribution in [-0.2, 0) is 12.8 Å². The third kappa shape index (κ3) is 2.65. The molecule has 0 N–H and O–H groups in total. The molecule has 0 aliphatic carbocycles. The summed E-state index contributed by atoms with van der Waals surface area (Å²) >= 11 is 0. The zero-order chi connectivity index (χ0) is 16.6. The molecule has 0 fully saturated rings. The van der Waals surface area contributed by atoms with Crippen molar-refractivity contribution in [1.82, 2.24) is 9.55 Å². The Bertz CT molecular complexity index is 927. The predicted octanol–water partition coefficient (Wildman–Crippen LogP) is 3.96. The van der Waals surface area contributed by atoms with E-state index in [4.69, 9.17) is 0 Å². The van der Waals surface area contributed by atoms with Gasteiger partial charge in [0, 0.05) is 12.5 Å². The van der Waals surface area contributed by atoms with Crippen LogP contribution in [0.2, 0.25) is 0 Å². The largest absolute Gasteiger partial charge is 0.268 e. The van der Waals surface area contributed by atoms with Crippen LogP contribution in [0, 0.1) is 12.7 Å². The van der Waals surface area contributed by atoms with Gasteiger partial charge in [0.1, 0.15) is 11.6 Å². The topological polar surface area (TPSA) is 34.9 Å². The number of nitrogens with zero attached hydrogens (tertiary/aromatic N) is 2. The van der Waals surface area contributed by atoms with Gasteiger partial charge in [0.25, 0.3) is 5.56 Å². The van der Waals surface area contributed by atoms with Crippen LogP contribution in [0.15, 0.2) is 41.2 Å². The van der Waals surface area contributed by atoms with Crippen LogP contribution >= 0.6 is 0 Å². The highest BCUT2D eigenvalue weighted by atomic mass is 19.1. The zero-order valence-corrected chi connectivity index (χ0v) is 13.6. The standard InChI is InChI=1S/C19H19FN2O/c1-4-13-6-8-14(9-7-13)22-18(5-2)21-17-11-16(20)12(3)10-15(17)19(22)23/h6-11H,4-5H2,1-3H3. The molecule has 1 heterocycles. The Morgan fingerprint density at radius 1 is 1.09 bits per heavy atom. The number of fused-ring (bicyclic) bond motifs is 1. The van der Waals surface area contributed by atoms with Crippen LogP contribution < -0.4 is 5.56 Å². The number of hydrogen-bond acceptors (Lipinski definition) is 2. The van der Waals surface area contributed by atoms with E-state index in [0.29, 0.717) is 28.7 Å². The molecule has 3 aromatic rings. The van der Waals surface area contributed by atoms with Crippen molar-refractivity contribution < 1.29 is 4.39 Å². The Balaban J connectivity index is 2.32.